The number of imide groups is 2. The molecule has 0 bridgehead atoms. The zero-order chi connectivity index (χ0) is 31.3. The van der Waals surface area contributed by atoms with E-state index in [4.69, 9.17) is 34.8 Å². The number of benzene rings is 3. The van der Waals surface area contributed by atoms with Gasteiger partial charge in [-0.1, -0.05) is 41.4 Å². The lowest BCUT2D eigenvalue weighted by Gasteiger charge is -2.50. The average Bonchev–Trinajstić information content (AvgIpc) is 3.33. The molecule has 2 heterocycles. The van der Waals surface area contributed by atoms with E-state index < -0.39 is 57.0 Å². The molecule has 6 unspecified atom stereocenters. The molecule has 0 spiro atoms. The first-order valence-electron chi connectivity index (χ1n) is 14.0. The van der Waals surface area contributed by atoms with Crippen LogP contribution in [0.2, 0.25) is 5.02 Å². The third kappa shape index (κ3) is 3.80. The van der Waals surface area contributed by atoms with Crippen molar-refractivity contribution in [1.29, 1.82) is 0 Å². The van der Waals surface area contributed by atoms with Gasteiger partial charge < -0.3 is 5.11 Å². The molecule has 7 nitrogen and oxygen atoms in total. The first kappa shape index (κ1) is 29.0. The number of phenolic OH excluding ortho intramolecular Hbond substituents is 1. The Balaban J connectivity index is 1.38. The number of halogens is 4. The number of hydrogen-bond acceptors (Lipinski definition) is 5. The summed E-state index contributed by atoms with van der Waals surface area (Å²) in [6.07, 6.45) is 1.85. The van der Waals surface area contributed by atoms with Crippen molar-refractivity contribution in [2.75, 3.05) is 9.80 Å². The Labute approximate surface area is 266 Å². The van der Waals surface area contributed by atoms with E-state index >= 15 is 0 Å². The summed E-state index contributed by atoms with van der Waals surface area (Å²) in [6.45, 7) is 1.81. The lowest BCUT2D eigenvalue weighted by molar-refractivity contribution is -0.125. The van der Waals surface area contributed by atoms with Crippen molar-refractivity contribution in [3.8, 4) is 5.75 Å². The molecule has 4 aliphatic rings. The van der Waals surface area contributed by atoms with Gasteiger partial charge in [-0.25, -0.2) is 14.2 Å². The summed E-state index contributed by atoms with van der Waals surface area (Å²) in [5, 5.41) is 10.4. The Morgan fingerprint density at radius 2 is 1.50 bits per heavy atom. The van der Waals surface area contributed by atoms with Crippen LogP contribution >= 0.6 is 34.8 Å². The molecule has 3 fully saturated rings. The molecular formula is C33H24Cl3FN2O5. The van der Waals surface area contributed by atoms with E-state index in [0.717, 1.165) is 27.5 Å². The monoisotopic (exact) mass is 652 g/mol. The maximum absolute atomic E-state index is 14.3. The predicted octanol–water partition coefficient (Wildman–Crippen LogP) is 6.26. The van der Waals surface area contributed by atoms with Crippen LogP contribution in [0.4, 0.5) is 15.8 Å². The fourth-order valence-electron chi connectivity index (χ4n) is 7.41. The summed E-state index contributed by atoms with van der Waals surface area (Å²) in [6, 6.07) is 15.9. The van der Waals surface area contributed by atoms with Gasteiger partial charge in [0.1, 0.15) is 11.6 Å². The topological polar surface area (TPSA) is 95.0 Å². The number of nitrogens with zero attached hydrogens (tertiary/aromatic N) is 2. The summed E-state index contributed by atoms with van der Waals surface area (Å²) in [4.78, 5) is 54.4. The van der Waals surface area contributed by atoms with Crippen molar-refractivity contribution in [1.82, 2.24) is 0 Å². The molecule has 0 radical (unpaired) electrons. The van der Waals surface area contributed by atoms with E-state index in [0.29, 0.717) is 21.8 Å². The van der Waals surface area contributed by atoms with Gasteiger partial charge in [0.2, 0.25) is 11.8 Å². The van der Waals surface area contributed by atoms with Crippen molar-refractivity contribution < 1.29 is 28.7 Å². The number of aryl methyl sites for hydroxylation is 1. The maximum Gasteiger partial charge on any atom is 0.258 e. The van der Waals surface area contributed by atoms with Gasteiger partial charge in [-0.15, -0.1) is 23.2 Å². The van der Waals surface area contributed by atoms with Crippen molar-refractivity contribution in [2.45, 2.75) is 35.4 Å². The van der Waals surface area contributed by atoms with Crippen LogP contribution < -0.4 is 9.80 Å². The molecular weight excluding hydrogens is 630 g/mol. The lowest BCUT2D eigenvalue weighted by Crippen LogP contribution is -2.60. The average molecular weight is 654 g/mol. The molecule has 6 atom stereocenters. The number of hydrogen-bond donors (Lipinski definition) is 1. The molecule has 7 rings (SSSR count). The number of rotatable bonds is 3. The highest BCUT2D eigenvalue weighted by Crippen LogP contribution is 2.66. The van der Waals surface area contributed by atoms with E-state index in [1.807, 2.05) is 13.0 Å². The minimum atomic E-state index is -2.04. The molecule has 0 aromatic heterocycles. The molecule has 2 aliphatic heterocycles. The van der Waals surface area contributed by atoms with Gasteiger partial charge in [-0.05, 0) is 85.3 Å². The quantitative estimate of drug-likeness (QED) is 0.205. The van der Waals surface area contributed by atoms with Gasteiger partial charge in [0.05, 0.1) is 23.2 Å². The van der Waals surface area contributed by atoms with Crippen LogP contribution in [0, 0.1) is 30.5 Å². The summed E-state index contributed by atoms with van der Waals surface area (Å²) < 4.78 is 13.8. The fraction of sp³-hybridized carbons (Fsp3) is 0.273. The highest BCUT2D eigenvalue weighted by molar-refractivity contribution is 6.58. The third-order valence-corrected chi connectivity index (χ3v) is 11.4. The minimum absolute atomic E-state index is 0.0229. The summed E-state index contributed by atoms with van der Waals surface area (Å²) in [5.41, 5.74) is 2.36. The van der Waals surface area contributed by atoms with E-state index in [1.54, 1.807) is 30.3 Å². The Kier molecular flexibility index (Phi) is 6.52. The highest BCUT2D eigenvalue weighted by Gasteiger charge is 2.76. The number of allylic oxidation sites excluding steroid dienone is 2. The van der Waals surface area contributed by atoms with Gasteiger partial charge >= 0.3 is 0 Å². The molecule has 4 amide bonds. The number of carbonyl (C=O) groups excluding carboxylic acids is 4. The molecule has 44 heavy (non-hydrogen) atoms. The number of carbonyl (C=O) groups is 4. The van der Waals surface area contributed by atoms with Crippen LogP contribution in [0.25, 0.3) is 0 Å². The van der Waals surface area contributed by atoms with Gasteiger partial charge in [0.15, 0.2) is 9.75 Å². The molecule has 3 aromatic carbocycles. The second kappa shape index (κ2) is 9.89. The first-order valence-corrected chi connectivity index (χ1v) is 15.2. The number of phenols is 1. The first-order chi connectivity index (χ1) is 20.9. The SMILES string of the molecule is Cc1ccc(N2C(=O)C3CC=C4C(CC5(Cl)C(=O)N(c6ccc(F)cc6)C(=O)C5(Cl)C4c4ccc(O)cc4)C3C2=O)cc1Cl. The molecule has 2 aliphatic carbocycles. The number of aromatic hydroxyl groups is 1. The summed E-state index contributed by atoms with van der Waals surface area (Å²) >= 11 is 21.0. The van der Waals surface area contributed by atoms with Gasteiger partial charge in [-0.3, -0.25) is 19.2 Å². The van der Waals surface area contributed by atoms with Crippen LogP contribution in [0.3, 0.4) is 0 Å². The van der Waals surface area contributed by atoms with Crippen molar-refractivity contribution in [3.05, 3.63) is 100 Å². The molecule has 224 valence electrons. The van der Waals surface area contributed by atoms with Crippen LogP contribution in [0.15, 0.2) is 78.4 Å². The fourth-order valence-corrected chi connectivity index (χ4v) is 8.52. The number of anilines is 2. The van der Waals surface area contributed by atoms with Crippen LogP contribution in [-0.2, 0) is 19.2 Å². The molecule has 2 saturated heterocycles. The molecule has 1 saturated carbocycles. The zero-order valence-corrected chi connectivity index (χ0v) is 25.4. The lowest BCUT2D eigenvalue weighted by atomic mass is 9.56. The second-order valence-corrected chi connectivity index (χ2v) is 13.4. The number of fused-ring (bicyclic) bond motifs is 4. The van der Waals surface area contributed by atoms with Crippen LogP contribution in [0.1, 0.15) is 29.9 Å². The van der Waals surface area contributed by atoms with E-state index in [2.05, 4.69) is 0 Å². The standard InChI is InChI=1S/C33H24Cl3FN2O5/c1-16-2-7-20(14-25(16)34)38-28(41)23-13-12-22-24(26(23)29(38)42)15-32(35)30(43)39(19-8-5-18(37)6-9-19)31(44)33(32,36)27(22)17-3-10-21(40)11-4-17/h2-12,14,23-24,26-27,40H,13,15H2,1H3. The van der Waals surface area contributed by atoms with Gasteiger partial charge in [0, 0.05) is 10.9 Å². The van der Waals surface area contributed by atoms with Gasteiger partial charge in [-0.2, -0.15) is 0 Å². The Bertz CT molecular complexity index is 1810. The Morgan fingerprint density at radius 1 is 0.841 bits per heavy atom. The molecule has 1 N–H and O–H groups in total. The van der Waals surface area contributed by atoms with Crippen molar-refractivity contribution >= 4 is 69.8 Å². The number of alkyl halides is 2. The third-order valence-electron chi connectivity index (χ3n) is 9.54. The molecule has 11 heteroatoms. The van der Waals surface area contributed by atoms with Crippen LogP contribution in [-0.4, -0.2) is 38.5 Å². The van der Waals surface area contributed by atoms with Crippen LogP contribution in [0.5, 0.6) is 5.75 Å². The summed E-state index contributed by atoms with van der Waals surface area (Å²) in [5.74, 6) is -6.30. The Morgan fingerprint density at radius 3 is 2.16 bits per heavy atom. The van der Waals surface area contributed by atoms with Crippen molar-refractivity contribution in [3.63, 3.8) is 0 Å². The predicted molar refractivity (Wildman–Crippen MR) is 163 cm³/mol. The number of amides is 4. The normalized spacial score (nSPS) is 31.2. The Hall–Kier alpha value is -3.72. The van der Waals surface area contributed by atoms with E-state index in [-0.39, 0.29) is 30.2 Å². The zero-order valence-electron chi connectivity index (χ0n) is 23.1. The largest absolute Gasteiger partial charge is 0.508 e. The highest BCUT2D eigenvalue weighted by atomic mass is 35.5. The second-order valence-electron chi connectivity index (χ2n) is 11.8. The van der Waals surface area contributed by atoms with Gasteiger partial charge in [0.25, 0.3) is 11.8 Å². The smallest absolute Gasteiger partial charge is 0.258 e. The maximum atomic E-state index is 14.3. The van der Waals surface area contributed by atoms with E-state index in [1.165, 1.54) is 24.3 Å². The molecule has 3 aromatic rings. The van der Waals surface area contributed by atoms with E-state index in [9.17, 15) is 28.7 Å². The summed E-state index contributed by atoms with van der Waals surface area (Å²) in [7, 11) is 0. The van der Waals surface area contributed by atoms with Crippen molar-refractivity contribution in [2.24, 2.45) is 17.8 Å². The minimum Gasteiger partial charge on any atom is -0.508 e.